The van der Waals surface area contributed by atoms with Gasteiger partial charge in [-0.15, -0.1) is 0 Å². The van der Waals surface area contributed by atoms with E-state index in [1.807, 2.05) is 19.1 Å². The summed E-state index contributed by atoms with van der Waals surface area (Å²) in [4.78, 5) is 3.12. The first kappa shape index (κ1) is 19.4. The zero-order valence-electron chi connectivity index (χ0n) is 16.8. The molecule has 4 atom stereocenters. The first-order valence-electron chi connectivity index (χ1n) is 10.7. The molecule has 150 valence electrons. The summed E-state index contributed by atoms with van der Waals surface area (Å²) in [6.07, 6.45) is 10.1. The van der Waals surface area contributed by atoms with Crippen LogP contribution < -0.4 is 0 Å². The van der Waals surface area contributed by atoms with Gasteiger partial charge in [-0.2, -0.15) is 4.31 Å². The molecule has 0 radical (unpaired) electrons. The van der Waals surface area contributed by atoms with E-state index in [0.29, 0.717) is 10.9 Å². The first-order chi connectivity index (χ1) is 12.9. The lowest BCUT2D eigenvalue weighted by atomic mass is 9.75. The molecular weight excluding hydrogens is 356 g/mol. The van der Waals surface area contributed by atoms with Crippen molar-refractivity contribution in [3.63, 3.8) is 0 Å². The van der Waals surface area contributed by atoms with E-state index in [1.165, 1.54) is 45.2 Å². The van der Waals surface area contributed by atoms with Gasteiger partial charge in [0.05, 0.1) is 4.90 Å². The Kier molecular flexibility index (Phi) is 5.64. The highest BCUT2D eigenvalue weighted by Crippen LogP contribution is 2.39. The summed E-state index contributed by atoms with van der Waals surface area (Å²) < 4.78 is 27.8. The number of aryl methyl sites for hydroxylation is 1. The highest BCUT2D eigenvalue weighted by molar-refractivity contribution is 7.89. The van der Waals surface area contributed by atoms with E-state index in [1.54, 1.807) is 23.5 Å². The highest BCUT2D eigenvalue weighted by Gasteiger charge is 2.39. The zero-order valence-corrected chi connectivity index (χ0v) is 17.6. The molecule has 0 amide bonds. The number of rotatable bonds is 4. The van der Waals surface area contributed by atoms with Crippen molar-refractivity contribution >= 4 is 10.0 Å². The predicted molar refractivity (Wildman–Crippen MR) is 109 cm³/mol. The van der Waals surface area contributed by atoms with E-state index < -0.39 is 10.0 Å². The Bertz CT molecular complexity index is 763. The molecule has 0 spiro atoms. The molecular formula is C22H34N2O2S. The van der Waals surface area contributed by atoms with Crippen LogP contribution in [0, 0.1) is 18.8 Å². The van der Waals surface area contributed by atoms with Gasteiger partial charge >= 0.3 is 0 Å². The van der Waals surface area contributed by atoms with Crippen molar-refractivity contribution < 1.29 is 8.42 Å². The summed E-state index contributed by atoms with van der Waals surface area (Å²) in [6.45, 7) is 4.41. The number of piperidine rings is 1. The van der Waals surface area contributed by atoms with Crippen LogP contribution in [0.25, 0.3) is 0 Å². The molecule has 0 N–H and O–H groups in total. The number of hydrogen-bond donors (Lipinski definition) is 0. The van der Waals surface area contributed by atoms with Gasteiger partial charge in [0.25, 0.3) is 0 Å². The van der Waals surface area contributed by atoms with Gasteiger partial charge in [-0.25, -0.2) is 8.42 Å². The average Bonchev–Trinajstić information content (AvgIpc) is 3.17. The fourth-order valence-corrected chi connectivity index (χ4v) is 7.20. The summed E-state index contributed by atoms with van der Waals surface area (Å²) in [7, 11) is -1.63. The topological polar surface area (TPSA) is 40.6 Å². The van der Waals surface area contributed by atoms with Crippen LogP contribution in [0.4, 0.5) is 0 Å². The molecule has 4 rings (SSSR count). The Labute approximate surface area is 165 Å². The molecule has 3 fully saturated rings. The number of fused-ring (bicyclic) bond motifs is 1. The molecule has 1 aromatic carbocycles. The summed E-state index contributed by atoms with van der Waals surface area (Å²) >= 11 is 0. The molecule has 0 bridgehead atoms. The van der Waals surface area contributed by atoms with Crippen LogP contribution in [-0.2, 0) is 10.0 Å². The van der Waals surface area contributed by atoms with Crippen molar-refractivity contribution in [2.24, 2.45) is 11.8 Å². The molecule has 3 aliphatic rings. The fraction of sp³-hybridized carbons (Fsp3) is 0.727. The highest BCUT2D eigenvalue weighted by atomic mass is 32.2. The number of sulfonamides is 1. The maximum absolute atomic E-state index is 13.1. The molecule has 2 unspecified atom stereocenters. The lowest BCUT2D eigenvalue weighted by Crippen LogP contribution is -2.46. The van der Waals surface area contributed by atoms with Crippen LogP contribution in [-0.4, -0.2) is 49.8 Å². The molecule has 5 heteroatoms. The summed E-state index contributed by atoms with van der Waals surface area (Å²) in [5.41, 5.74) is 0.990. The van der Waals surface area contributed by atoms with Gasteiger partial charge in [0.1, 0.15) is 0 Å². The van der Waals surface area contributed by atoms with Gasteiger partial charge in [-0.05, 0) is 75.1 Å². The van der Waals surface area contributed by atoms with Gasteiger partial charge in [0.15, 0.2) is 0 Å². The smallest absolute Gasteiger partial charge is 0.243 e. The first-order valence-corrected chi connectivity index (χ1v) is 12.2. The number of hydrogen-bond acceptors (Lipinski definition) is 3. The molecule has 2 saturated carbocycles. The van der Waals surface area contributed by atoms with E-state index >= 15 is 0 Å². The Hall–Kier alpha value is -0.910. The monoisotopic (exact) mass is 390 g/mol. The van der Waals surface area contributed by atoms with Crippen LogP contribution in [0.1, 0.15) is 56.9 Å². The minimum absolute atomic E-state index is 0.129. The SMILES string of the molecule is Cc1cccc(S(=O)(=O)N(C)[C@@H]2CC[C@H](N3CCC4CCCCC4C3)C2)c1. The standard InChI is InChI=1S/C22H34N2O2S/c1-17-6-5-9-22(14-17)27(25,26)23(2)20-10-11-21(15-20)24-13-12-18-7-3-4-8-19(18)16-24/h5-6,9,14,18-21H,3-4,7-8,10-13,15-16H2,1-2H3/t18?,19?,20-,21+/m1/s1. The van der Waals surface area contributed by atoms with Crippen LogP contribution >= 0.6 is 0 Å². The quantitative estimate of drug-likeness (QED) is 0.779. The molecule has 2 aliphatic carbocycles. The minimum Gasteiger partial charge on any atom is -0.300 e. The molecule has 1 aliphatic heterocycles. The second-order valence-electron chi connectivity index (χ2n) is 9.05. The Morgan fingerprint density at radius 2 is 1.81 bits per heavy atom. The molecule has 0 aromatic heterocycles. The Balaban J connectivity index is 1.40. The lowest BCUT2D eigenvalue weighted by molar-refractivity contribution is 0.0571. The summed E-state index contributed by atoms with van der Waals surface area (Å²) in [5, 5.41) is 0. The third-order valence-electron chi connectivity index (χ3n) is 7.40. The van der Waals surface area contributed by atoms with Crippen LogP contribution in [0.3, 0.4) is 0 Å². The van der Waals surface area contributed by atoms with E-state index in [-0.39, 0.29) is 6.04 Å². The maximum atomic E-state index is 13.1. The third kappa shape index (κ3) is 3.96. The zero-order chi connectivity index (χ0) is 19.0. The third-order valence-corrected chi connectivity index (χ3v) is 9.30. The molecule has 1 aromatic rings. The van der Waals surface area contributed by atoms with Crippen molar-refractivity contribution in [2.45, 2.75) is 75.3 Å². The minimum atomic E-state index is -3.40. The normalized spacial score (nSPS) is 32.6. The van der Waals surface area contributed by atoms with Gasteiger partial charge in [0.2, 0.25) is 10.0 Å². The van der Waals surface area contributed by atoms with Gasteiger partial charge in [-0.1, -0.05) is 31.4 Å². The van der Waals surface area contributed by atoms with Crippen molar-refractivity contribution in [3.05, 3.63) is 29.8 Å². The number of benzene rings is 1. The van der Waals surface area contributed by atoms with Crippen LogP contribution in [0.5, 0.6) is 0 Å². The Morgan fingerprint density at radius 3 is 2.59 bits per heavy atom. The Morgan fingerprint density at radius 1 is 1.04 bits per heavy atom. The lowest BCUT2D eigenvalue weighted by Gasteiger charge is -2.43. The van der Waals surface area contributed by atoms with Crippen molar-refractivity contribution in [1.29, 1.82) is 0 Å². The van der Waals surface area contributed by atoms with Crippen molar-refractivity contribution in [3.8, 4) is 0 Å². The summed E-state index contributed by atoms with van der Waals surface area (Å²) in [6, 6.07) is 7.98. The number of nitrogens with zero attached hydrogens (tertiary/aromatic N) is 2. The summed E-state index contributed by atoms with van der Waals surface area (Å²) in [5.74, 6) is 1.84. The average molecular weight is 391 g/mol. The molecule has 1 saturated heterocycles. The largest absolute Gasteiger partial charge is 0.300 e. The van der Waals surface area contributed by atoms with E-state index in [0.717, 1.165) is 36.7 Å². The second-order valence-corrected chi connectivity index (χ2v) is 11.0. The van der Waals surface area contributed by atoms with E-state index in [2.05, 4.69) is 4.90 Å². The van der Waals surface area contributed by atoms with Crippen LogP contribution in [0.15, 0.2) is 29.2 Å². The maximum Gasteiger partial charge on any atom is 0.243 e. The van der Waals surface area contributed by atoms with Crippen LogP contribution in [0.2, 0.25) is 0 Å². The molecule has 4 nitrogen and oxygen atoms in total. The van der Waals surface area contributed by atoms with E-state index in [9.17, 15) is 8.42 Å². The van der Waals surface area contributed by atoms with Gasteiger partial charge in [-0.3, -0.25) is 0 Å². The molecule has 1 heterocycles. The van der Waals surface area contributed by atoms with Gasteiger partial charge < -0.3 is 4.90 Å². The van der Waals surface area contributed by atoms with E-state index in [4.69, 9.17) is 0 Å². The number of likely N-dealkylation sites (tertiary alicyclic amines) is 1. The van der Waals surface area contributed by atoms with Gasteiger partial charge in [0, 0.05) is 25.7 Å². The fourth-order valence-electron chi connectivity index (χ4n) is 5.70. The van der Waals surface area contributed by atoms with Crippen molar-refractivity contribution in [1.82, 2.24) is 9.21 Å². The molecule has 27 heavy (non-hydrogen) atoms. The predicted octanol–water partition coefficient (Wildman–Crippen LogP) is 4.05. The van der Waals surface area contributed by atoms with Crippen molar-refractivity contribution in [2.75, 3.05) is 20.1 Å². The second kappa shape index (κ2) is 7.84.